The molecule has 3 aromatic rings. The van der Waals surface area contributed by atoms with E-state index in [-0.39, 0.29) is 63.4 Å². The van der Waals surface area contributed by atoms with Crippen LogP contribution in [-0.2, 0) is 26.2 Å². The van der Waals surface area contributed by atoms with Gasteiger partial charge in [0.05, 0.1) is 0 Å². The molecule has 0 radical (unpaired) electrons. The van der Waals surface area contributed by atoms with Crippen molar-refractivity contribution in [1.29, 1.82) is 0 Å². The molecule has 0 heterocycles. The van der Waals surface area contributed by atoms with E-state index in [2.05, 4.69) is 60.7 Å². The van der Waals surface area contributed by atoms with E-state index in [9.17, 15) is 0 Å². The molecule has 0 bridgehead atoms. The van der Waals surface area contributed by atoms with E-state index in [1.165, 1.54) is 11.1 Å². The van der Waals surface area contributed by atoms with Gasteiger partial charge in [-0.2, -0.15) is 0 Å². The summed E-state index contributed by atoms with van der Waals surface area (Å²) in [5.41, 5.74) is 3.94. The Hall–Kier alpha value is -0.280. The maximum Gasteiger partial charge on any atom is 4.00 e. The molecule has 0 aliphatic carbocycles. The summed E-state index contributed by atoms with van der Waals surface area (Å²) in [4.78, 5) is 4.87. The van der Waals surface area contributed by atoms with Crippen LogP contribution >= 0.6 is 11.6 Å². The molecule has 1 nitrogen and oxygen atoms in total. The van der Waals surface area contributed by atoms with Crippen LogP contribution in [0.1, 0.15) is 16.7 Å². The average molecular weight is 520 g/mol. The summed E-state index contributed by atoms with van der Waals surface area (Å²) in [5, 5.41) is 0.731. The Morgan fingerprint density at radius 1 is 0.654 bits per heavy atom. The molecule has 0 N–H and O–H groups in total. The van der Waals surface area contributed by atoms with E-state index in [1.807, 2.05) is 24.3 Å². The molecule has 0 aromatic heterocycles. The third-order valence-electron chi connectivity index (χ3n) is 3.70. The van der Waals surface area contributed by atoms with Crippen molar-refractivity contribution < 1.29 is 63.4 Å². The van der Waals surface area contributed by atoms with Gasteiger partial charge in [-0.1, -0.05) is 100 Å². The topological polar surface area (TPSA) is 14.1 Å². The minimum Gasteiger partial charge on any atom is -1.00 e. The average Bonchev–Trinajstić information content (AvgIpc) is 2.59. The third kappa shape index (κ3) is 7.76. The van der Waals surface area contributed by atoms with Crippen LogP contribution in [0.3, 0.4) is 0 Å². The molecule has 0 saturated heterocycles. The fourth-order valence-electron chi connectivity index (χ4n) is 2.54. The fourth-order valence-corrected chi connectivity index (χ4v) is 4.46. The van der Waals surface area contributed by atoms with Crippen LogP contribution in [0.5, 0.6) is 0 Å². The van der Waals surface area contributed by atoms with Crippen molar-refractivity contribution in [2.24, 2.45) is 0 Å². The summed E-state index contributed by atoms with van der Waals surface area (Å²) in [7, 11) is -0.750. The Bertz CT molecular complexity index is 692. The zero-order valence-corrected chi connectivity index (χ0v) is 20.7. The first kappa shape index (κ1) is 27.9. The van der Waals surface area contributed by atoms with Crippen molar-refractivity contribution in [2.75, 3.05) is 0 Å². The van der Waals surface area contributed by atoms with Gasteiger partial charge in [0.2, 0.25) is 0 Å². The molecule has 0 spiro atoms. The third-order valence-corrected chi connectivity index (χ3v) is 5.85. The SMILES string of the molecule is Clc1ccccc1[N-][SiH2]C(c1ccccc1)c1ccccc1.[Cl-].[Cl-].[Cl-].[Zr+4]. The Morgan fingerprint density at radius 2 is 1.08 bits per heavy atom. The van der Waals surface area contributed by atoms with E-state index < -0.39 is 9.68 Å². The van der Waals surface area contributed by atoms with Crippen LogP contribution in [0.25, 0.3) is 4.98 Å². The molecule has 134 valence electrons. The predicted molar refractivity (Wildman–Crippen MR) is 97.7 cm³/mol. The van der Waals surface area contributed by atoms with Crippen molar-refractivity contribution in [2.45, 2.75) is 5.54 Å². The molecule has 0 atom stereocenters. The molecule has 0 aliphatic heterocycles. The van der Waals surface area contributed by atoms with Crippen LogP contribution in [0, 0.1) is 0 Å². The van der Waals surface area contributed by atoms with Gasteiger partial charge in [0, 0.05) is 5.02 Å². The van der Waals surface area contributed by atoms with Gasteiger partial charge in [0.25, 0.3) is 0 Å². The van der Waals surface area contributed by atoms with Crippen LogP contribution in [0.4, 0.5) is 5.69 Å². The largest absolute Gasteiger partial charge is 4.00 e. The number of hydrogen-bond donors (Lipinski definition) is 0. The van der Waals surface area contributed by atoms with E-state index in [0.29, 0.717) is 5.54 Å². The van der Waals surface area contributed by atoms with Crippen molar-refractivity contribution in [3.05, 3.63) is 106 Å². The van der Waals surface area contributed by atoms with Gasteiger partial charge < -0.3 is 42.2 Å². The quantitative estimate of drug-likeness (QED) is 0.307. The minimum absolute atomic E-state index is 0. The van der Waals surface area contributed by atoms with Gasteiger partial charge in [-0.25, -0.2) is 0 Å². The molecule has 3 rings (SSSR count). The second kappa shape index (κ2) is 14.7. The van der Waals surface area contributed by atoms with Gasteiger partial charge >= 0.3 is 26.2 Å². The zero-order valence-electron chi connectivity index (χ0n) is 13.8. The molecule has 0 unspecified atom stereocenters. The minimum atomic E-state index is -0.750. The predicted octanol–water partition coefficient (Wildman–Crippen LogP) is -3.77. The monoisotopic (exact) mass is 517 g/mol. The molecular formula is C19H17Cl4NSiZr. The zero-order chi connectivity index (χ0) is 15.2. The summed E-state index contributed by atoms with van der Waals surface area (Å²) in [6.45, 7) is 0. The molecule has 0 fully saturated rings. The van der Waals surface area contributed by atoms with Crippen molar-refractivity contribution in [3.63, 3.8) is 0 Å². The number of halogens is 4. The van der Waals surface area contributed by atoms with Gasteiger partial charge in [-0.05, 0) is 22.7 Å². The van der Waals surface area contributed by atoms with Gasteiger partial charge in [-0.15, -0.1) is 5.69 Å². The smallest absolute Gasteiger partial charge is 1.00 e. The molecular weight excluding hydrogens is 503 g/mol. The van der Waals surface area contributed by atoms with Crippen molar-refractivity contribution >= 4 is 27.0 Å². The first-order valence-corrected chi connectivity index (χ1v) is 9.19. The Morgan fingerprint density at radius 3 is 1.54 bits per heavy atom. The maximum atomic E-state index is 6.23. The first-order chi connectivity index (χ1) is 10.8. The second-order valence-electron chi connectivity index (χ2n) is 5.17. The first-order valence-electron chi connectivity index (χ1n) is 7.36. The number of rotatable bonds is 5. The fraction of sp³-hybridized carbons (Fsp3) is 0.0526. The Kier molecular flexibility index (Phi) is 15.8. The summed E-state index contributed by atoms with van der Waals surface area (Å²) in [6.07, 6.45) is 0. The molecule has 0 saturated carbocycles. The summed E-state index contributed by atoms with van der Waals surface area (Å²) in [6, 6.07) is 29.0. The van der Waals surface area contributed by atoms with E-state index in [1.54, 1.807) is 0 Å². The Balaban J connectivity index is 0. The summed E-state index contributed by atoms with van der Waals surface area (Å²) in [5.74, 6) is 0. The van der Waals surface area contributed by atoms with Gasteiger partial charge in [0.15, 0.2) is 0 Å². The summed E-state index contributed by atoms with van der Waals surface area (Å²) >= 11 is 6.23. The van der Waals surface area contributed by atoms with E-state index >= 15 is 0 Å². The van der Waals surface area contributed by atoms with E-state index in [0.717, 1.165) is 10.7 Å². The van der Waals surface area contributed by atoms with E-state index in [4.69, 9.17) is 16.6 Å². The number of benzene rings is 3. The molecule has 0 amide bonds. The molecule has 26 heavy (non-hydrogen) atoms. The van der Waals surface area contributed by atoms with Crippen LogP contribution < -0.4 is 37.2 Å². The molecule has 3 aromatic carbocycles. The van der Waals surface area contributed by atoms with Crippen molar-refractivity contribution in [3.8, 4) is 0 Å². The normalized spacial score (nSPS) is 9.46. The Labute approximate surface area is 200 Å². The van der Waals surface area contributed by atoms with Crippen LogP contribution in [0.2, 0.25) is 5.02 Å². The molecule has 0 aliphatic rings. The number of hydrogen-bond acceptors (Lipinski definition) is 0. The second-order valence-corrected chi connectivity index (χ2v) is 7.07. The molecule has 7 heteroatoms. The maximum absolute atomic E-state index is 6.23. The number of nitrogens with zero attached hydrogens (tertiary/aromatic N) is 1. The van der Waals surface area contributed by atoms with Gasteiger partial charge in [0.1, 0.15) is 0 Å². The van der Waals surface area contributed by atoms with Gasteiger partial charge in [-0.3, -0.25) is 0 Å². The van der Waals surface area contributed by atoms with Crippen LogP contribution in [-0.4, -0.2) is 9.68 Å². The standard InChI is InChI=1S/C19H17ClNSi.3ClH.Zr/c20-17-13-7-8-14-18(17)21-22-19(15-9-3-1-4-10-15)16-11-5-2-6-12-16;;;;/h1-14,19H,22H2;3*1H;/q-1;;;;+4/p-3. The summed E-state index contributed by atoms with van der Waals surface area (Å²) < 4.78 is 0. The van der Waals surface area contributed by atoms with Crippen molar-refractivity contribution in [1.82, 2.24) is 0 Å². The van der Waals surface area contributed by atoms with Crippen LogP contribution in [0.15, 0.2) is 84.9 Å².